The molecule has 0 bridgehead atoms. The normalized spacial score (nSPS) is 9.73. The van der Waals surface area contributed by atoms with Crippen molar-refractivity contribution in [2.45, 2.75) is 33.1 Å². The van der Waals surface area contributed by atoms with Crippen LogP contribution in [-0.4, -0.2) is 9.97 Å². The number of hydrogen-bond acceptors (Lipinski definition) is 4. The molecule has 1 rings (SSSR count). The van der Waals surface area contributed by atoms with E-state index in [1.165, 1.54) is 0 Å². The summed E-state index contributed by atoms with van der Waals surface area (Å²) >= 11 is 0. The minimum absolute atomic E-state index is 0.124. The van der Waals surface area contributed by atoms with E-state index in [4.69, 9.17) is 10.5 Å². The van der Waals surface area contributed by atoms with Crippen molar-refractivity contribution in [3.63, 3.8) is 0 Å². The molecule has 0 aliphatic carbocycles. The highest BCUT2D eigenvalue weighted by Crippen LogP contribution is 2.17. The van der Waals surface area contributed by atoms with Gasteiger partial charge in [-0.2, -0.15) is 10.5 Å². The fourth-order valence-electron chi connectivity index (χ4n) is 1.36. The standard InChI is InChI=1S/C11H12N4/c1-4-8-11(7(2)3)15-10(6-13)9(5-12)14-8/h7H,4H2,1-3H3. The second-order valence-electron chi connectivity index (χ2n) is 3.48. The zero-order valence-electron chi connectivity index (χ0n) is 9.07. The molecule has 4 heteroatoms. The third-order valence-corrected chi connectivity index (χ3v) is 2.09. The summed E-state index contributed by atoms with van der Waals surface area (Å²) in [5.74, 6) is 0.215. The lowest BCUT2D eigenvalue weighted by atomic mass is 10.1. The Hall–Kier alpha value is -1.94. The number of hydrogen-bond donors (Lipinski definition) is 0. The van der Waals surface area contributed by atoms with E-state index in [1.54, 1.807) is 0 Å². The van der Waals surface area contributed by atoms with Gasteiger partial charge in [-0.05, 0) is 12.3 Å². The van der Waals surface area contributed by atoms with Crippen LogP contribution in [0.1, 0.15) is 49.5 Å². The first-order chi connectivity index (χ1) is 7.13. The maximum absolute atomic E-state index is 8.82. The van der Waals surface area contributed by atoms with Gasteiger partial charge in [0.1, 0.15) is 12.1 Å². The van der Waals surface area contributed by atoms with Gasteiger partial charge in [-0.1, -0.05) is 20.8 Å². The van der Waals surface area contributed by atoms with Gasteiger partial charge in [-0.3, -0.25) is 0 Å². The molecular weight excluding hydrogens is 188 g/mol. The van der Waals surface area contributed by atoms with Gasteiger partial charge in [0, 0.05) is 0 Å². The highest BCUT2D eigenvalue weighted by molar-refractivity contribution is 5.37. The molecule has 1 aromatic heterocycles. The molecule has 0 amide bonds. The van der Waals surface area contributed by atoms with Crippen molar-refractivity contribution in [2.24, 2.45) is 0 Å². The predicted molar refractivity (Wildman–Crippen MR) is 54.9 cm³/mol. The third kappa shape index (κ3) is 2.11. The van der Waals surface area contributed by atoms with Crippen LogP contribution in [0.3, 0.4) is 0 Å². The van der Waals surface area contributed by atoms with Crippen LogP contribution in [0.5, 0.6) is 0 Å². The summed E-state index contributed by atoms with van der Waals surface area (Å²) in [6, 6.07) is 3.79. The van der Waals surface area contributed by atoms with Crippen LogP contribution in [0, 0.1) is 22.7 Å². The monoisotopic (exact) mass is 200 g/mol. The lowest BCUT2D eigenvalue weighted by Gasteiger charge is -2.09. The Kier molecular flexibility index (Phi) is 3.36. The molecule has 0 radical (unpaired) electrons. The molecule has 0 spiro atoms. The van der Waals surface area contributed by atoms with Crippen LogP contribution in [0.25, 0.3) is 0 Å². The average Bonchev–Trinajstić information content (AvgIpc) is 2.26. The molecule has 0 aliphatic heterocycles. The molecule has 0 saturated carbocycles. The smallest absolute Gasteiger partial charge is 0.177 e. The van der Waals surface area contributed by atoms with E-state index < -0.39 is 0 Å². The quantitative estimate of drug-likeness (QED) is 0.730. The van der Waals surface area contributed by atoms with E-state index in [0.29, 0.717) is 0 Å². The van der Waals surface area contributed by atoms with E-state index in [-0.39, 0.29) is 17.3 Å². The SMILES string of the molecule is CCc1nc(C#N)c(C#N)nc1C(C)C. The minimum atomic E-state index is 0.124. The summed E-state index contributed by atoms with van der Waals surface area (Å²) in [7, 11) is 0. The van der Waals surface area contributed by atoms with E-state index in [2.05, 4.69) is 9.97 Å². The van der Waals surface area contributed by atoms with E-state index in [1.807, 2.05) is 32.9 Å². The van der Waals surface area contributed by atoms with Crippen molar-refractivity contribution >= 4 is 0 Å². The van der Waals surface area contributed by atoms with Gasteiger partial charge in [-0.15, -0.1) is 0 Å². The maximum Gasteiger partial charge on any atom is 0.177 e. The molecule has 4 nitrogen and oxygen atoms in total. The maximum atomic E-state index is 8.82. The Morgan fingerprint density at radius 2 is 1.67 bits per heavy atom. The summed E-state index contributed by atoms with van der Waals surface area (Å²) in [6.45, 7) is 5.95. The first-order valence-electron chi connectivity index (χ1n) is 4.85. The highest BCUT2D eigenvalue weighted by Gasteiger charge is 2.14. The van der Waals surface area contributed by atoms with Crippen molar-refractivity contribution < 1.29 is 0 Å². The van der Waals surface area contributed by atoms with Gasteiger partial charge < -0.3 is 0 Å². The second kappa shape index (κ2) is 4.52. The number of nitrogens with zero attached hydrogens (tertiary/aromatic N) is 4. The van der Waals surface area contributed by atoms with Crippen LogP contribution in [0.2, 0.25) is 0 Å². The topological polar surface area (TPSA) is 73.4 Å². The van der Waals surface area contributed by atoms with Crippen LogP contribution in [0.4, 0.5) is 0 Å². The zero-order valence-corrected chi connectivity index (χ0v) is 9.07. The number of aromatic nitrogens is 2. The fourth-order valence-corrected chi connectivity index (χ4v) is 1.36. The summed E-state index contributed by atoms with van der Waals surface area (Å²) in [4.78, 5) is 8.34. The van der Waals surface area contributed by atoms with Crippen LogP contribution in [-0.2, 0) is 6.42 Å². The summed E-state index contributed by atoms with van der Waals surface area (Å²) < 4.78 is 0. The molecular formula is C11H12N4. The molecule has 1 aromatic rings. The van der Waals surface area contributed by atoms with Crippen molar-refractivity contribution in [1.82, 2.24) is 9.97 Å². The summed E-state index contributed by atoms with van der Waals surface area (Å²) in [5, 5.41) is 17.6. The molecule has 0 unspecified atom stereocenters. The Balaban J connectivity index is 3.44. The molecule has 76 valence electrons. The molecule has 0 aromatic carbocycles. The summed E-state index contributed by atoms with van der Waals surface area (Å²) in [5.41, 5.74) is 1.87. The van der Waals surface area contributed by atoms with E-state index >= 15 is 0 Å². The molecule has 0 fully saturated rings. The molecule has 15 heavy (non-hydrogen) atoms. The Labute approximate surface area is 89.2 Å². The van der Waals surface area contributed by atoms with Crippen LogP contribution < -0.4 is 0 Å². The van der Waals surface area contributed by atoms with E-state index in [9.17, 15) is 0 Å². The Bertz CT molecular complexity index is 449. The Morgan fingerprint density at radius 3 is 2.07 bits per heavy atom. The average molecular weight is 200 g/mol. The predicted octanol–water partition coefficient (Wildman–Crippen LogP) is 1.91. The Morgan fingerprint density at radius 1 is 1.13 bits per heavy atom. The molecule has 0 N–H and O–H groups in total. The van der Waals surface area contributed by atoms with Gasteiger partial charge >= 0.3 is 0 Å². The number of rotatable bonds is 2. The molecule has 0 saturated heterocycles. The molecule has 1 heterocycles. The molecule has 0 aliphatic rings. The minimum Gasteiger partial charge on any atom is -0.237 e. The zero-order chi connectivity index (χ0) is 11.4. The number of aryl methyl sites for hydroxylation is 1. The van der Waals surface area contributed by atoms with Gasteiger partial charge in [0.2, 0.25) is 0 Å². The summed E-state index contributed by atoms with van der Waals surface area (Å²) in [6.07, 6.45) is 0.723. The van der Waals surface area contributed by atoms with Gasteiger partial charge in [0.15, 0.2) is 11.4 Å². The van der Waals surface area contributed by atoms with Crippen molar-refractivity contribution in [3.8, 4) is 12.1 Å². The van der Waals surface area contributed by atoms with Gasteiger partial charge in [-0.25, -0.2) is 9.97 Å². The lowest BCUT2D eigenvalue weighted by molar-refractivity contribution is 0.772. The lowest BCUT2D eigenvalue weighted by Crippen LogP contribution is -2.07. The fraction of sp³-hybridized carbons (Fsp3) is 0.455. The molecule has 0 atom stereocenters. The van der Waals surface area contributed by atoms with E-state index in [0.717, 1.165) is 17.8 Å². The van der Waals surface area contributed by atoms with Crippen LogP contribution >= 0.6 is 0 Å². The van der Waals surface area contributed by atoms with Crippen molar-refractivity contribution in [2.75, 3.05) is 0 Å². The first kappa shape index (κ1) is 11.1. The van der Waals surface area contributed by atoms with Crippen LogP contribution in [0.15, 0.2) is 0 Å². The van der Waals surface area contributed by atoms with Crippen molar-refractivity contribution in [1.29, 1.82) is 10.5 Å². The highest BCUT2D eigenvalue weighted by atomic mass is 14.9. The van der Waals surface area contributed by atoms with Gasteiger partial charge in [0.25, 0.3) is 0 Å². The number of nitriles is 2. The second-order valence-corrected chi connectivity index (χ2v) is 3.48. The first-order valence-corrected chi connectivity index (χ1v) is 4.85. The largest absolute Gasteiger partial charge is 0.237 e. The van der Waals surface area contributed by atoms with Gasteiger partial charge in [0.05, 0.1) is 11.4 Å². The third-order valence-electron chi connectivity index (χ3n) is 2.09. The van der Waals surface area contributed by atoms with Crippen molar-refractivity contribution in [3.05, 3.63) is 22.8 Å².